The summed E-state index contributed by atoms with van der Waals surface area (Å²) < 4.78 is 0. The van der Waals surface area contributed by atoms with Gasteiger partial charge in [-0.2, -0.15) is 0 Å². The molecule has 0 aromatic heterocycles. The van der Waals surface area contributed by atoms with Gasteiger partial charge in [-0.05, 0) is 31.9 Å². The van der Waals surface area contributed by atoms with Crippen LogP contribution in [0.3, 0.4) is 0 Å². The van der Waals surface area contributed by atoms with Crippen LogP contribution in [-0.2, 0) is 6.54 Å². The van der Waals surface area contributed by atoms with Gasteiger partial charge in [0.25, 0.3) is 5.69 Å². The number of halogens is 1. The van der Waals surface area contributed by atoms with Gasteiger partial charge in [0, 0.05) is 25.3 Å². The van der Waals surface area contributed by atoms with Crippen molar-refractivity contribution >= 4 is 17.3 Å². The Morgan fingerprint density at radius 1 is 1.45 bits per heavy atom. The predicted octanol–water partition coefficient (Wildman–Crippen LogP) is 2.99. The molecule has 0 radical (unpaired) electrons. The highest BCUT2D eigenvalue weighted by molar-refractivity contribution is 6.31. The van der Waals surface area contributed by atoms with E-state index in [2.05, 4.69) is 4.90 Å². The van der Waals surface area contributed by atoms with Crippen molar-refractivity contribution in [2.24, 2.45) is 0 Å². The van der Waals surface area contributed by atoms with Crippen molar-refractivity contribution in [2.45, 2.75) is 38.3 Å². The maximum absolute atomic E-state index is 11.1. The quantitative estimate of drug-likeness (QED) is 0.670. The van der Waals surface area contributed by atoms with Crippen LogP contribution in [-0.4, -0.2) is 34.1 Å². The summed E-state index contributed by atoms with van der Waals surface area (Å²) in [5.41, 5.74) is 0.648. The second-order valence-electron chi connectivity index (χ2n) is 5.13. The molecule has 0 amide bonds. The molecule has 1 N–H and O–H groups in total. The number of hydrogen-bond donors (Lipinski definition) is 1. The number of benzene rings is 1. The van der Waals surface area contributed by atoms with Crippen molar-refractivity contribution in [2.75, 3.05) is 13.2 Å². The topological polar surface area (TPSA) is 66.6 Å². The molecule has 1 saturated heterocycles. The number of nitro groups is 1. The second-order valence-corrected chi connectivity index (χ2v) is 5.53. The molecule has 1 aliphatic rings. The van der Waals surface area contributed by atoms with Crippen molar-refractivity contribution in [3.63, 3.8) is 0 Å². The molecule has 1 unspecified atom stereocenters. The Labute approximate surface area is 123 Å². The van der Waals surface area contributed by atoms with E-state index in [9.17, 15) is 10.1 Å². The number of aliphatic hydroxyl groups is 1. The number of piperidine rings is 1. The van der Waals surface area contributed by atoms with E-state index in [1.807, 2.05) is 0 Å². The molecule has 2 rings (SSSR count). The van der Waals surface area contributed by atoms with E-state index in [1.165, 1.54) is 6.07 Å². The van der Waals surface area contributed by atoms with Crippen LogP contribution in [0.1, 0.15) is 31.2 Å². The largest absolute Gasteiger partial charge is 0.396 e. The van der Waals surface area contributed by atoms with Crippen LogP contribution in [0.5, 0.6) is 0 Å². The molecule has 1 aromatic carbocycles. The number of rotatable bonds is 5. The number of likely N-dealkylation sites (tertiary alicyclic amines) is 1. The SMILES string of the molecule is O=[N+]([O-])c1cccc(Cl)c1CN1CCCCC1CCO. The molecule has 0 bridgehead atoms. The van der Waals surface area contributed by atoms with E-state index >= 15 is 0 Å². The molecule has 0 spiro atoms. The summed E-state index contributed by atoms with van der Waals surface area (Å²) in [6.07, 6.45) is 3.96. The molecule has 1 atom stereocenters. The Balaban J connectivity index is 2.21. The summed E-state index contributed by atoms with van der Waals surface area (Å²) in [7, 11) is 0. The molecule has 5 nitrogen and oxygen atoms in total. The lowest BCUT2D eigenvalue weighted by Crippen LogP contribution is -2.39. The fourth-order valence-corrected chi connectivity index (χ4v) is 3.05. The smallest absolute Gasteiger partial charge is 0.275 e. The second kappa shape index (κ2) is 7.02. The van der Waals surface area contributed by atoms with Gasteiger partial charge in [0.15, 0.2) is 0 Å². The van der Waals surface area contributed by atoms with Gasteiger partial charge in [-0.1, -0.05) is 24.1 Å². The zero-order chi connectivity index (χ0) is 14.5. The van der Waals surface area contributed by atoms with Gasteiger partial charge >= 0.3 is 0 Å². The summed E-state index contributed by atoms with van der Waals surface area (Å²) in [4.78, 5) is 12.9. The Hall–Kier alpha value is -1.17. The van der Waals surface area contributed by atoms with E-state index in [-0.39, 0.29) is 23.3 Å². The van der Waals surface area contributed by atoms with E-state index in [1.54, 1.807) is 12.1 Å². The molecular weight excluding hydrogens is 280 g/mol. The van der Waals surface area contributed by atoms with Gasteiger partial charge in [0.05, 0.1) is 15.5 Å². The van der Waals surface area contributed by atoms with Gasteiger partial charge in [0.1, 0.15) is 0 Å². The zero-order valence-electron chi connectivity index (χ0n) is 11.3. The average Bonchev–Trinajstić information content (AvgIpc) is 2.43. The lowest BCUT2D eigenvalue weighted by Gasteiger charge is -2.35. The minimum atomic E-state index is -0.383. The lowest BCUT2D eigenvalue weighted by atomic mass is 9.98. The Kier molecular flexibility index (Phi) is 5.34. The van der Waals surface area contributed by atoms with Crippen LogP contribution >= 0.6 is 11.6 Å². The zero-order valence-corrected chi connectivity index (χ0v) is 12.1. The molecule has 110 valence electrons. The van der Waals surface area contributed by atoms with Gasteiger partial charge in [-0.3, -0.25) is 15.0 Å². The molecule has 20 heavy (non-hydrogen) atoms. The fourth-order valence-electron chi connectivity index (χ4n) is 2.82. The third-order valence-electron chi connectivity index (χ3n) is 3.86. The monoisotopic (exact) mass is 298 g/mol. The summed E-state index contributed by atoms with van der Waals surface area (Å²) in [5, 5.41) is 20.7. The van der Waals surface area contributed by atoms with Crippen molar-refractivity contribution < 1.29 is 10.0 Å². The first-order chi connectivity index (χ1) is 9.63. The number of nitrogens with zero attached hydrogens (tertiary/aromatic N) is 2. The van der Waals surface area contributed by atoms with Crippen LogP contribution in [0.25, 0.3) is 0 Å². The van der Waals surface area contributed by atoms with Crippen LogP contribution in [0.4, 0.5) is 5.69 Å². The molecule has 6 heteroatoms. The Morgan fingerprint density at radius 3 is 2.95 bits per heavy atom. The Bertz CT molecular complexity index is 479. The first-order valence-corrected chi connectivity index (χ1v) is 7.28. The lowest BCUT2D eigenvalue weighted by molar-refractivity contribution is -0.385. The van der Waals surface area contributed by atoms with Gasteiger partial charge in [-0.15, -0.1) is 0 Å². The van der Waals surface area contributed by atoms with E-state index in [0.717, 1.165) is 25.8 Å². The van der Waals surface area contributed by atoms with Crippen LogP contribution in [0.15, 0.2) is 18.2 Å². The summed E-state index contributed by atoms with van der Waals surface area (Å²) >= 11 is 6.14. The molecule has 0 aliphatic carbocycles. The van der Waals surface area contributed by atoms with Gasteiger partial charge in [-0.25, -0.2) is 0 Å². The van der Waals surface area contributed by atoms with Crippen molar-refractivity contribution in [1.29, 1.82) is 0 Å². The van der Waals surface area contributed by atoms with Gasteiger partial charge < -0.3 is 5.11 Å². The first kappa shape index (κ1) is 15.2. The van der Waals surface area contributed by atoms with Crippen molar-refractivity contribution in [3.8, 4) is 0 Å². The number of hydrogen-bond acceptors (Lipinski definition) is 4. The summed E-state index contributed by atoms with van der Waals surface area (Å²) in [5.74, 6) is 0. The van der Waals surface area contributed by atoms with Gasteiger partial charge in [0.2, 0.25) is 0 Å². The predicted molar refractivity (Wildman–Crippen MR) is 77.9 cm³/mol. The van der Waals surface area contributed by atoms with Crippen LogP contribution in [0, 0.1) is 10.1 Å². The minimum Gasteiger partial charge on any atom is -0.396 e. The van der Waals surface area contributed by atoms with E-state index < -0.39 is 0 Å². The van der Waals surface area contributed by atoms with E-state index in [4.69, 9.17) is 16.7 Å². The molecule has 0 saturated carbocycles. The molecule has 1 heterocycles. The van der Waals surface area contributed by atoms with Crippen molar-refractivity contribution in [3.05, 3.63) is 38.9 Å². The number of aliphatic hydroxyl groups excluding tert-OH is 1. The molecule has 1 fully saturated rings. The minimum absolute atomic E-state index is 0.0748. The third-order valence-corrected chi connectivity index (χ3v) is 4.22. The highest BCUT2D eigenvalue weighted by Gasteiger charge is 2.26. The van der Waals surface area contributed by atoms with Crippen LogP contribution in [0.2, 0.25) is 5.02 Å². The number of nitro benzene ring substituents is 1. The molecular formula is C14H19ClN2O3. The first-order valence-electron chi connectivity index (χ1n) is 6.90. The third kappa shape index (κ3) is 3.48. The fraction of sp³-hybridized carbons (Fsp3) is 0.571. The summed E-state index contributed by atoms with van der Waals surface area (Å²) in [6, 6.07) is 5.07. The van der Waals surface area contributed by atoms with E-state index in [0.29, 0.717) is 23.6 Å². The standard InChI is InChI=1S/C14H19ClN2O3/c15-13-5-3-6-14(17(19)20)12(13)10-16-8-2-1-4-11(16)7-9-18/h3,5-6,11,18H,1-2,4,7-10H2. The highest BCUT2D eigenvalue weighted by atomic mass is 35.5. The summed E-state index contributed by atoms with van der Waals surface area (Å²) in [6.45, 7) is 1.51. The average molecular weight is 299 g/mol. The maximum Gasteiger partial charge on any atom is 0.275 e. The van der Waals surface area contributed by atoms with Crippen LogP contribution < -0.4 is 0 Å². The Morgan fingerprint density at radius 2 is 2.25 bits per heavy atom. The molecule has 1 aromatic rings. The van der Waals surface area contributed by atoms with Crippen molar-refractivity contribution in [1.82, 2.24) is 4.90 Å². The maximum atomic E-state index is 11.1. The molecule has 1 aliphatic heterocycles. The normalized spacial score (nSPS) is 20.0. The highest BCUT2D eigenvalue weighted by Crippen LogP contribution is 2.30.